The predicted octanol–water partition coefficient (Wildman–Crippen LogP) is 8.05. The van der Waals surface area contributed by atoms with E-state index in [1.165, 1.54) is 28.5 Å². The molecule has 0 saturated heterocycles. The molecule has 3 nitrogen and oxygen atoms in total. The molecular weight excluding hydrogens is 479 g/mol. The minimum Gasteiger partial charge on any atom is -0.269 e. The first-order valence-corrected chi connectivity index (χ1v) is 11.8. The Morgan fingerprint density at radius 2 is 1.56 bits per heavy atom. The third-order valence-corrected chi connectivity index (χ3v) is 6.62. The average Bonchev–Trinajstić information content (AvgIpc) is 3.26. The molecular formula is C26H17ClF3N3S. The second-order valence-corrected chi connectivity index (χ2v) is 8.97. The predicted molar refractivity (Wildman–Crippen MR) is 130 cm³/mol. The van der Waals surface area contributed by atoms with Crippen molar-refractivity contribution in [2.75, 3.05) is 0 Å². The third kappa shape index (κ3) is 4.41. The van der Waals surface area contributed by atoms with Crippen molar-refractivity contribution < 1.29 is 13.2 Å². The van der Waals surface area contributed by atoms with Gasteiger partial charge in [0.25, 0.3) is 0 Å². The first-order chi connectivity index (χ1) is 16.4. The van der Waals surface area contributed by atoms with Crippen LogP contribution >= 0.6 is 23.4 Å². The highest BCUT2D eigenvalue weighted by atomic mass is 35.5. The fourth-order valence-corrected chi connectivity index (χ4v) is 5.00. The van der Waals surface area contributed by atoms with Crippen LogP contribution in [0.25, 0.3) is 27.8 Å². The van der Waals surface area contributed by atoms with Crippen LogP contribution in [0.3, 0.4) is 0 Å². The Morgan fingerprint density at radius 3 is 2.38 bits per heavy atom. The number of aromatic nitrogens is 3. The number of fused-ring (bicyclic) bond motifs is 1. The zero-order chi connectivity index (χ0) is 23.7. The molecule has 5 aromatic rings. The summed E-state index contributed by atoms with van der Waals surface area (Å²) in [5.74, 6) is 0.808. The van der Waals surface area contributed by atoms with E-state index < -0.39 is 11.7 Å². The second kappa shape index (κ2) is 9.16. The molecule has 0 saturated carbocycles. The molecule has 0 spiro atoms. The van der Waals surface area contributed by atoms with Crippen molar-refractivity contribution in [3.05, 3.63) is 107 Å². The molecule has 0 atom stereocenters. The monoisotopic (exact) mass is 495 g/mol. The Balaban J connectivity index is 1.63. The summed E-state index contributed by atoms with van der Waals surface area (Å²) in [7, 11) is 0. The molecule has 0 aliphatic heterocycles. The maximum atomic E-state index is 13.9. The lowest BCUT2D eigenvalue weighted by atomic mass is 10.1. The van der Waals surface area contributed by atoms with E-state index in [1.54, 1.807) is 30.3 Å². The van der Waals surface area contributed by atoms with E-state index in [-0.39, 0.29) is 5.69 Å². The molecule has 1 aromatic heterocycles. The molecule has 0 fully saturated rings. The Hall–Kier alpha value is -3.29. The van der Waals surface area contributed by atoms with E-state index in [2.05, 4.69) is 10.2 Å². The van der Waals surface area contributed by atoms with Crippen molar-refractivity contribution in [2.45, 2.75) is 17.1 Å². The number of alkyl halides is 3. The summed E-state index contributed by atoms with van der Waals surface area (Å²) < 4.78 is 43.2. The Bertz CT molecular complexity index is 1470. The molecule has 0 aliphatic rings. The van der Waals surface area contributed by atoms with Crippen LogP contribution in [0.5, 0.6) is 0 Å². The smallest absolute Gasteiger partial charge is 0.269 e. The number of thioether (sulfide) groups is 1. The highest BCUT2D eigenvalue weighted by Crippen LogP contribution is 2.38. The van der Waals surface area contributed by atoms with Crippen molar-refractivity contribution in [1.82, 2.24) is 14.8 Å². The minimum atomic E-state index is -4.54. The maximum absolute atomic E-state index is 13.9. The molecule has 4 aromatic carbocycles. The Kier molecular flexibility index (Phi) is 6.06. The number of nitrogens with zero attached hydrogens (tertiary/aromatic N) is 3. The molecule has 0 N–H and O–H groups in total. The first kappa shape index (κ1) is 22.5. The van der Waals surface area contributed by atoms with Gasteiger partial charge in [0, 0.05) is 16.3 Å². The van der Waals surface area contributed by atoms with Gasteiger partial charge in [0.15, 0.2) is 11.0 Å². The van der Waals surface area contributed by atoms with Crippen molar-refractivity contribution in [2.24, 2.45) is 0 Å². The minimum absolute atomic E-state index is 0.0320. The van der Waals surface area contributed by atoms with Crippen molar-refractivity contribution in [1.29, 1.82) is 0 Å². The molecule has 5 rings (SSSR count). The first-order valence-electron chi connectivity index (χ1n) is 10.4. The van der Waals surface area contributed by atoms with Crippen LogP contribution in [-0.4, -0.2) is 14.8 Å². The van der Waals surface area contributed by atoms with E-state index in [9.17, 15) is 13.2 Å². The van der Waals surface area contributed by atoms with Gasteiger partial charge < -0.3 is 0 Å². The van der Waals surface area contributed by atoms with Gasteiger partial charge in [-0.2, -0.15) is 13.2 Å². The van der Waals surface area contributed by atoms with E-state index in [1.807, 2.05) is 42.5 Å². The van der Waals surface area contributed by atoms with Crippen molar-refractivity contribution >= 4 is 34.1 Å². The lowest BCUT2D eigenvalue weighted by molar-refractivity contribution is -0.137. The number of para-hydroxylation sites is 1. The summed E-state index contributed by atoms with van der Waals surface area (Å²) in [4.78, 5) is 0. The fraction of sp³-hybridized carbons (Fsp3) is 0.0769. The molecule has 0 radical (unpaired) electrons. The van der Waals surface area contributed by atoms with Crippen LogP contribution in [0.4, 0.5) is 13.2 Å². The van der Waals surface area contributed by atoms with E-state index in [4.69, 9.17) is 11.6 Å². The van der Waals surface area contributed by atoms with Gasteiger partial charge in [-0.05, 0) is 40.6 Å². The van der Waals surface area contributed by atoms with Gasteiger partial charge in [0.1, 0.15) is 0 Å². The van der Waals surface area contributed by atoms with Crippen LogP contribution in [0.15, 0.2) is 96.2 Å². The van der Waals surface area contributed by atoms with E-state index >= 15 is 0 Å². The van der Waals surface area contributed by atoms with Gasteiger partial charge in [-0.15, -0.1) is 10.2 Å². The zero-order valence-electron chi connectivity index (χ0n) is 17.6. The van der Waals surface area contributed by atoms with E-state index in [0.717, 1.165) is 22.4 Å². The zero-order valence-corrected chi connectivity index (χ0v) is 19.2. The summed E-state index contributed by atoms with van der Waals surface area (Å²) >= 11 is 7.50. The standard InChI is InChI=1S/C26H17ClF3N3S/c27-20-11-6-9-18(15-20)24-31-32-25(33(24)23-14-4-3-13-22(23)26(28,29)30)34-16-19-10-5-8-17-7-1-2-12-21(17)19/h1-15H,16H2. The summed E-state index contributed by atoms with van der Waals surface area (Å²) in [6.07, 6.45) is -4.54. The Labute approximate surface area is 203 Å². The van der Waals surface area contributed by atoms with Crippen LogP contribution in [0, 0.1) is 0 Å². The van der Waals surface area contributed by atoms with E-state index in [0.29, 0.717) is 27.3 Å². The highest BCUT2D eigenvalue weighted by molar-refractivity contribution is 7.98. The van der Waals surface area contributed by atoms with Crippen molar-refractivity contribution in [3.8, 4) is 17.1 Å². The largest absolute Gasteiger partial charge is 0.418 e. The van der Waals surface area contributed by atoms with Gasteiger partial charge in [-0.25, -0.2) is 0 Å². The molecule has 8 heteroatoms. The topological polar surface area (TPSA) is 30.7 Å². The quantitative estimate of drug-likeness (QED) is 0.231. The number of hydrogen-bond donors (Lipinski definition) is 0. The van der Waals surface area contributed by atoms with Gasteiger partial charge in [-0.1, -0.05) is 90.1 Å². The molecule has 170 valence electrons. The van der Waals surface area contributed by atoms with Crippen LogP contribution in [0.1, 0.15) is 11.1 Å². The van der Waals surface area contributed by atoms with Gasteiger partial charge in [0.2, 0.25) is 0 Å². The highest BCUT2D eigenvalue weighted by Gasteiger charge is 2.35. The maximum Gasteiger partial charge on any atom is 0.418 e. The molecule has 0 unspecified atom stereocenters. The summed E-state index contributed by atoms with van der Waals surface area (Å²) in [5.41, 5.74) is 0.848. The average molecular weight is 496 g/mol. The summed E-state index contributed by atoms with van der Waals surface area (Å²) in [6, 6.07) is 26.3. The molecule has 0 bridgehead atoms. The SMILES string of the molecule is FC(F)(F)c1ccccc1-n1c(SCc2cccc3ccccc23)nnc1-c1cccc(Cl)c1. The summed E-state index contributed by atoms with van der Waals surface area (Å²) in [5, 5.41) is 11.6. The summed E-state index contributed by atoms with van der Waals surface area (Å²) in [6.45, 7) is 0. The Morgan fingerprint density at radius 1 is 0.824 bits per heavy atom. The molecule has 0 aliphatic carbocycles. The molecule has 1 heterocycles. The lowest BCUT2D eigenvalue weighted by Crippen LogP contribution is -2.12. The molecule has 0 amide bonds. The number of benzene rings is 4. The lowest BCUT2D eigenvalue weighted by Gasteiger charge is -2.17. The number of halogens is 4. The third-order valence-electron chi connectivity index (χ3n) is 5.40. The van der Waals surface area contributed by atoms with Gasteiger partial charge >= 0.3 is 6.18 Å². The van der Waals surface area contributed by atoms with Crippen LogP contribution in [-0.2, 0) is 11.9 Å². The number of hydrogen-bond acceptors (Lipinski definition) is 3. The second-order valence-electron chi connectivity index (χ2n) is 7.59. The van der Waals surface area contributed by atoms with Gasteiger partial charge in [-0.3, -0.25) is 4.57 Å². The van der Waals surface area contributed by atoms with Gasteiger partial charge in [0.05, 0.1) is 11.3 Å². The molecule has 34 heavy (non-hydrogen) atoms. The van der Waals surface area contributed by atoms with Crippen LogP contribution < -0.4 is 0 Å². The fourth-order valence-electron chi connectivity index (χ4n) is 3.86. The van der Waals surface area contributed by atoms with Crippen LogP contribution in [0.2, 0.25) is 5.02 Å². The van der Waals surface area contributed by atoms with Crippen molar-refractivity contribution in [3.63, 3.8) is 0 Å². The number of rotatable bonds is 5. The normalized spacial score (nSPS) is 11.8.